The van der Waals surface area contributed by atoms with E-state index in [4.69, 9.17) is 4.98 Å². The average molecular weight is 394 g/mol. The van der Waals surface area contributed by atoms with E-state index in [-0.39, 0.29) is 5.91 Å². The Balaban J connectivity index is 1.40. The van der Waals surface area contributed by atoms with Crippen LogP contribution < -0.4 is 0 Å². The van der Waals surface area contributed by atoms with Gasteiger partial charge in [-0.25, -0.2) is 15.0 Å². The molecule has 0 radical (unpaired) electrons. The van der Waals surface area contributed by atoms with Crippen molar-refractivity contribution in [2.24, 2.45) is 0 Å². The molecular weight excluding hydrogens is 370 g/mol. The molecule has 1 amide bonds. The van der Waals surface area contributed by atoms with E-state index in [0.29, 0.717) is 12.3 Å². The second kappa shape index (κ2) is 8.14. The predicted octanol–water partition coefficient (Wildman–Crippen LogP) is 3.56. The van der Waals surface area contributed by atoms with Crippen molar-refractivity contribution in [1.29, 1.82) is 0 Å². The molecular formula is C21H23N5OS. The molecule has 0 saturated carbocycles. The maximum Gasteiger partial charge on any atom is 0.227 e. The lowest BCUT2D eigenvalue weighted by atomic mass is 9.97. The Bertz CT molecular complexity index is 964. The van der Waals surface area contributed by atoms with Gasteiger partial charge in [0.1, 0.15) is 5.82 Å². The van der Waals surface area contributed by atoms with Crippen molar-refractivity contribution in [3.8, 4) is 10.6 Å². The van der Waals surface area contributed by atoms with Crippen LogP contribution in [0.25, 0.3) is 10.6 Å². The van der Waals surface area contributed by atoms with Gasteiger partial charge in [0, 0.05) is 37.6 Å². The highest BCUT2D eigenvalue weighted by molar-refractivity contribution is 7.15. The first-order valence-corrected chi connectivity index (χ1v) is 10.4. The highest BCUT2D eigenvalue weighted by Gasteiger charge is 2.26. The van der Waals surface area contributed by atoms with Gasteiger partial charge in [0.2, 0.25) is 5.91 Å². The maximum atomic E-state index is 12.6. The minimum absolute atomic E-state index is 0.180. The SMILES string of the molecule is Cc1nccc(-c2sc(C3CCN(C(=O)Cc4cccnc4)CC3)nc2C)n1. The van der Waals surface area contributed by atoms with E-state index in [9.17, 15) is 4.79 Å². The third kappa shape index (κ3) is 4.09. The molecule has 3 aromatic heterocycles. The molecule has 4 heterocycles. The number of hydrogen-bond donors (Lipinski definition) is 0. The number of hydrogen-bond acceptors (Lipinski definition) is 6. The van der Waals surface area contributed by atoms with E-state index in [1.165, 1.54) is 0 Å². The lowest BCUT2D eigenvalue weighted by Gasteiger charge is -2.31. The van der Waals surface area contributed by atoms with Crippen LogP contribution in [0, 0.1) is 13.8 Å². The minimum atomic E-state index is 0.180. The summed E-state index contributed by atoms with van der Waals surface area (Å²) in [6.07, 6.45) is 7.61. The third-order valence-electron chi connectivity index (χ3n) is 5.10. The number of piperidine rings is 1. The fourth-order valence-corrected chi connectivity index (χ4v) is 4.78. The fraction of sp³-hybridized carbons (Fsp3) is 0.381. The Morgan fingerprint density at radius 2 is 2.00 bits per heavy atom. The van der Waals surface area contributed by atoms with Gasteiger partial charge in [-0.3, -0.25) is 9.78 Å². The minimum Gasteiger partial charge on any atom is -0.342 e. The predicted molar refractivity (Wildman–Crippen MR) is 109 cm³/mol. The molecule has 1 aliphatic rings. The van der Waals surface area contributed by atoms with E-state index >= 15 is 0 Å². The van der Waals surface area contributed by atoms with Crippen LogP contribution >= 0.6 is 11.3 Å². The molecule has 28 heavy (non-hydrogen) atoms. The molecule has 4 rings (SSSR count). The van der Waals surface area contributed by atoms with Crippen LogP contribution in [-0.2, 0) is 11.2 Å². The van der Waals surface area contributed by atoms with Crippen molar-refractivity contribution in [2.75, 3.05) is 13.1 Å². The summed E-state index contributed by atoms with van der Waals surface area (Å²) in [6, 6.07) is 5.76. The van der Waals surface area contributed by atoms with Crippen molar-refractivity contribution in [2.45, 2.75) is 39.0 Å². The van der Waals surface area contributed by atoms with E-state index in [1.54, 1.807) is 29.9 Å². The van der Waals surface area contributed by atoms with Gasteiger partial charge >= 0.3 is 0 Å². The molecule has 144 valence electrons. The second-order valence-electron chi connectivity index (χ2n) is 7.15. The Hall–Kier alpha value is -2.67. The Labute approximate surface area is 168 Å². The zero-order chi connectivity index (χ0) is 19.5. The number of aryl methyl sites for hydroxylation is 2. The average Bonchev–Trinajstić information content (AvgIpc) is 3.10. The maximum absolute atomic E-state index is 12.6. The van der Waals surface area contributed by atoms with Crippen molar-refractivity contribution in [1.82, 2.24) is 24.8 Å². The molecule has 0 aliphatic carbocycles. The Morgan fingerprint density at radius 3 is 2.71 bits per heavy atom. The fourth-order valence-electron chi connectivity index (χ4n) is 3.58. The number of amides is 1. The summed E-state index contributed by atoms with van der Waals surface area (Å²) in [4.78, 5) is 33.3. The normalized spacial score (nSPS) is 15.0. The van der Waals surface area contributed by atoms with E-state index in [1.807, 2.05) is 36.9 Å². The number of rotatable bonds is 4. The van der Waals surface area contributed by atoms with Gasteiger partial charge in [0.25, 0.3) is 0 Å². The Morgan fingerprint density at radius 1 is 1.18 bits per heavy atom. The smallest absolute Gasteiger partial charge is 0.227 e. The van der Waals surface area contributed by atoms with Crippen LogP contribution in [-0.4, -0.2) is 43.8 Å². The van der Waals surface area contributed by atoms with Crippen molar-refractivity contribution < 1.29 is 4.79 Å². The summed E-state index contributed by atoms with van der Waals surface area (Å²) < 4.78 is 0. The summed E-state index contributed by atoms with van der Waals surface area (Å²) in [5, 5.41) is 1.16. The van der Waals surface area contributed by atoms with Crippen LogP contribution in [0.15, 0.2) is 36.8 Å². The van der Waals surface area contributed by atoms with Crippen molar-refractivity contribution >= 4 is 17.2 Å². The van der Waals surface area contributed by atoms with Crippen LogP contribution in [0.4, 0.5) is 0 Å². The quantitative estimate of drug-likeness (QED) is 0.678. The van der Waals surface area contributed by atoms with Crippen LogP contribution in [0.2, 0.25) is 0 Å². The van der Waals surface area contributed by atoms with Crippen LogP contribution in [0.3, 0.4) is 0 Å². The standard InChI is InChI=1S/C21H23N5OS/c1-14-20(18-5-9-23-15(2)25-18)28-21(24-14)17-6-10-26(11-7-17)19(27)12-16-4-3-8-22-13-16/h3-5,8-9,13,17H,6-7,10-12H2,1-2H3. The number of carbonyl (C=O) groups is 1. The molecule has 6 nitrogen and oxygen atoms in total. The van der Waals surface area contributed by atoms with E-state index < -0.39 is 0 Å². The molecule has 0 aromatic carbocycles. The molecule has 1 aliphatic heterocycles. The number of thiazole rings is 1. The zero-order valence-electron chi connectivity index (χ0n) is 16.1. The van der Waals surface area contributed by atoms with Gasteiger partial charge in [-0.1, -0.05) is 6.07 Å². The molecule has 1 fully saturated rings. The van der Waals surface area contributed by atoms with Crippen molar-refractivity contribution in [3.63, 3.8) is 0 Å². The van der Waals surface area contributed by atoms with E-state index in [2.05, 4.69) is 15.0 Å². The number of likely N-dealkylation sites (tertiary alicyclic amines) is 1. The molecule has 0 unspecified atom stereocenters. The molecule has 1 saturated heterocycles. The lowest BCUT2D eigenvalue weighted by Crippen LogP contribution is -2.38. The molecule has 7 heteroatoms. The van der Waals surface area contributed by atoms with Gasteiger partial charge in [0.05, 0.1) is 27.7 Å². The number of nitrogens with zero attached hydrogens (tertiary/aromatic N) is 5. The molecule has 0 spiro atoms. The first kappa shape index (κ1) is 18.7. The summed E-state index contributed by atoms with van der Waals surface area (Å²) in [7, 11) is 0. The third-order valence-corrected chi connectivity index (χ3v) is 6.44. The Kier molecular flexibility index (Phi) is 5.43. The van der Waals surface area contributed by atoms with Gasteiger partial charge in [-0.05, 0) is 44.4 Å². The second-order valence-corrected chi connectivity index (χ2v) is 8.18. The molecule has 3 aromatic rings. The first-order chi connectivity index (χ1) is 13.6. The van der Waals surface area contributed by atoms with Crippen LogP contribution in [0.5, 0.6) is 0 Å². The van der Waals surface area contributed by atoms with Gasteiger partial charge in [-0.15, -0.1) is 11.3 Å². The summed E-state index contributed by atoms with van der Waals surface area (Å²) >= 11 is 1.73. The summed E-state index contributed by atoms with van der Waals surface area (Å²) in [6.45, 7) is 5.51. The van der Waals surface area contributed by atoms with Crippen molar-refractivity contribution in [3.05, 3.63) is 58.9 Å². The highest BCUT2D eigenvalue weighted by atomic mass is 32.1. The molecule has 0 bridgehead atoms. The first-order valence-electron chi connectivity index (χ1n) is 9.54. The van der Waals surface area contributed by atoms with Crippen LogP contribution in [0.1, 0.15) is 40.8 Å². The van der Waals surface area contributed by atoms with Gasteiger partial charge in [0.15, 0.2) is 0 Å². The summed E-state index contributed by atoms with van der Waals surface area (Å²) in [5.41, 5.74) is 2.93. The molecule has 0 N–H and O–H groups in total. The van der Waals surface area contributed by atoms with Gasteiger partial charge in [-0.2, -0.15) is 0 Å². The van der Waals surface area contributed by atoms with E-state index in [0.717, 1.165) is 58.6 Å². The number of carbonyl (C=O) groups excluding carboxylic acids is 1. The molecule has 0 atom stereocenters. The number of aromatic nitrogens is 4. The largest absolute Gasteiger partial charge is 0.342 e. The monoisotopic (exact) mass is 393 g/mol. The summed E-state index contributed by atoms with van der Waals surface area (Å²) in [5.74, 6) is 1.36. The number of pyridine rings is 1. The zero-order valence-corrected chi connectivity index (χ0v) is 16.9. The highest BCUT2D eigenvalue weighted by Crippen LogP contribution is 2.36. The topological polar surface area (TPSA) is 71.9 Å². The lowest BCUT2D eigenvalue weighted by molar-refractivity contribution is -0.131. The van der Waals surface area contributed by atoms with Gasteiger partial charge < -0.3 is 4.90 Å².